The monoisotopic (exact) mass is 449 g/mol. The molecular formula is C24H23N3O2S2. The van der Waals surface area contributed by atoms with Crippen LogP contribution in [0.25, 0.3) is 10.9 Å². The lowest BCUT2D eigenvalue weighted by Crippen LogP contribution is -2.35. The van der Waals surface area contributed by atoms with E-state index in [-0.39, 0.29) is 5.56 Å². The lowest BCUT2D eigenvalue weighted by molar-refractivity contribution is 0.410. The van der Waals surface area contributed by atoms with Crippen LogP contribution < -0.4 is 15.6 Å². The van der Waals surface area contributed by atoms with Gasteiger partial charge in [0.15, 0.2) is 5.11 Å². The van der Waals surface area contributed by atoms with Crippen molar-refractivity contribution < 1.29 is 4.74 Å². The number of nitrogens with one attached hydrogen (secondary N) is 2. The van der Waals surface area contributed by atoms with E-state index in [4.69, 9.17) is 17.0 Å². The zero-order valence-corrected chi connectivity index (χ0v) is 19.0. The number of aromatic nitrogens is 1. The van der Waals surface area contributed by atoms with Gasteiger partial charge in [-0.05, 0) is 66.3 Å². The zero-order valence-electron chi connectivity index (χ0n) is 17.3. The first-order valence-corrected chi connectivity index (χ1v) is 11.2. The van der Waals surface area contributed by atoms with Crippen LogP contribution >= 0.6 is 23.6 Å². The number of aromatic amines is 1. The number of pyridine rings is 1. The van der Waals surface area contributed by atoms with Gasteiger partial charge in [-0.3, -0.25) is 4.79 Å². The Hall–Kier alpha value is -3.16. The molecule has 0 saturated carbocycles. The quantitative estimate of drug-likeness (QED) is 0.391. The molecule has 2 aromatic heterocycles. The van der Waals surface area contributed by atoms with Gasteiger partial charge in [-0.1, -0.05) is 29.8 Å². The highest BCUT2D eigenvalue weighted by molar-refractivity contribution is 7.80. The molecule has 31 heavy (non-hydrogen) atoms. The van der Waals surface area contributed by atoms with Crippen molar-refractivity contribution in [3.8, 4) is 5.75 Å². The number of rotatable bonds is 6. The van der Waals surface area contributed by atoms with Gasteiger partial charge < -0.3 is 19.9 Å². The lowest BCUT2D eigenvalue weighted by atomic mass is 10.1. The van der Waals surface area contributed by atoms with Gasteiger partial charge in [0.05, 0.1) is 25.9 Å². The third-order valence-electron chi connectivity index (χ3n) is 5.00. The van der Waals surface area contributed by atoms with Crippen molar-refractivity contribution in [3.05, 3.63) is 92.4 Å². The van der Waals surface area contributed by atoms with Crippen LogP contribution in [0.1, 0.15) is 16.0 Å². The summed E-state index contributed by atoms with van der Waals surface area (Å²) in [5.41, 5.74) is 3.33. The third kappa shape index (κ3) is 4.95. The number of nitrogens with zero attached hydrogens (tertiary/aromatic N) is 1. The van der Waals surface area contributed by atoms with E-state index in [1.54, 1.807) is 18.4 Å². The van der Waals surface area contributed by atoms with Crippen LogP contribution in [0.4, 0.5) is 5.69 Å². The van der Waals surface area contributed by atoms with Gasteiger partial charge in [-0.25, -0.2) is 0 Å². The summed E-state index contributed by atoms with van der Waals surface area (Å²) < 4.78 is 5.44. The Morgan fingerprint density at radius 3 is 2.74 bits per heavy atom. The number of thiocarbonyl (C=S) groups is 1. The number of methoxy groups -OCH3 is 1. The smallest absolute Gasteiger partial charge is 0.253 e. The van der Waals surface area contributed by atoms with Crippen molar-refractivity contribution in [1.29, 1.82) is 0 Å². The molecule has 2 aromatic carbocycles. The molecule has 0 saturated heterocycles. The minimum absolute atomic E-state index is 0.104. The number of aryl methyl sites for hydroxylation is 1. The molecule has 0 spiro atoms. The summed E-state index contributed by atoms with van der Waals surface area (Å²) in [6, 6.07) is 19.7. The molecule has 0 aliphatic carbocycles. The summed E-state index contributed by atoms with van der Waals surface area (Å²) in [6.07, 6.45) is 0. The van der Waals surface area contributed by atoms with E-state index in [1.807, 2.05) is 65.7 Å². The van der Waals surface area contributed by atoms with Gasteiger partial charge in [0.2, 0.25) is 0 Å². The van der Waals surface area contributed by atoms with E-state index < -0.39 is 0 Å². The van der Waals surface area contributed by atoms with Crippen molar-refractivity contribution in [3.63, 3.8) is 0 Å². The first-order chi connectivity index (χ1) is 15.0. The first-order valence-electron chi connectivity index (χ1n) is 9.87. The molecule has 0 fully saturated rings. The van der Waals surface area contributed by atoms with Crippen LogP contribution in [0.5, 0.6) is 5.75 Å². The second kappa shape index (κ2) is 9.32. The highest BCUT2D eigenvalue weighted by atomic mass is 32.1. The van der Waals surface area contributed by atoms with Gasteiger partial charge in [-0.2, -0.15) is 0 Å². The molecule has 0 atom stereocenters. The second-order valence-electron chi connectivity index (χ2n) is 7.28. The highest BCUT2D eigenvalue weighted by Crippen LogP contribution is 2.24. The number of thiophene rings is 1. The molecule has 4 aromatic rings. The normalized spacial score (nSPS) is 10.8. The number of anilines is 1. The van der Waals surface area contributed by atoms with Gasteiger partial charge in [-0.15, -0.1) is 11.3 Å². The molecule has 0 amide bonds. The molecule has 7 heteroatoms. The van der Waals surface area contributed by atoms with E-state index in [9.17, 15) is 4.79 Å². The predicted molar refractivity (Wildman–Crippen MR) is 132 cm³/mol. The summed E-state index contributed by atoms with van der Waals surface area (Å²) in [5, 5.41) is 6.86. The van der Waals surface area contributed by atoms with E-state index in [0.717, 1.165) is 27.0 Å². The molecular weight excluding hydrogens is 426 g/mol. The maximum atomic E-state index is 12.8. The Balaban J connectivity index is 1.65. The molecule has 2 N–H and O–H groups in total. The fraction of sp³-hybridized carbons (Fsp3) is 0.167. The molecule has 5 nitrogen and oxygen atoms in total. The van der Waals surface area contributed by atoms with Gasteiger partial charge >= 0.3 is 0 Å². The van der Waals surface area contributed by atoms with Crippen molar-refractivity contribution >= 4 is 45.3 Å². The van der Waals surface area contributed by atoms with Crippen molar-refractivity contribution in [2.75, 3.05) is 12.4 Å². The minimum Gasteiger partial charge on any atom is -0.495 e. The van der Waals surface area contributed by atoms with E-state index in [0.29, 0.717) is 29.5 Å². The Bertz CT molecular complexity index is 1270. The number of hydrogen-bond acceptors (Lipinski definition) is 4. The number of hydrogen-bond donors (Lipinski definition) is 2. The standard InChI is InChI=1S/C24H23N3O2S2/c1-16-9-10-20-17(12-16)13-18(23(28)25-20)14-27(15-19-6-5-11-31-19)24(30)26-21-7-3-4-8-22(21)29-2/h3-13H,14-15H2,1-2H3,(H,25,28)(H,26,30). The van der Waals surface area contributed by atoms with Crippen LogP contribution in [-0.2, 0) is 13.1 Å². The lowest BCUT2D eigenvalue weighted by Gasteiger charge is -2.26. The fourth-order valence-corrected chi connectivity index (χ4v) is 4.39. The minimum atomic E-state index is -0.104. The number of fused-ring (bicyclic) bond motifs is 1. The average molecular weight is 450 g/mol. The predicted octanol–water partition coefficient (Wildman–Crippen LogP) is 5.31. The molecule has 4 rings (SSSR count). The maximum absolute atomic E-state index is 12.8. The summed E-state index contributed by atoms with van der Waals surface area (Å²) in [6.45, 7) is 3.03. The largest absolute Gasteiger partial charge is 0.495 e. The molecule has 0 radical (unpaired) electrons. The first kappa shape index (κ1) is 21.1. The molecule has 0 aliphatic rings. The number of H-pyrrole nitrogens is 1. The van der Waals surface area contributed by atoms with Crippen LogP contribution in [0.3, 0.4) is 0 Å². The summed E-state index contributed by atoms with van der Waals surface area (Å²) in [4.78, 5) is 18.9. The topological polar surface area (TPSA) is 57.4 Å². The van der Waals surface area contributed by atoms with E-state index >= 15 is 0 Å². The van der Waals surface area contributed by atoms with Crippen LogP contribution in [0.2, 0.25) is 0 Å². The second-order valence-corrected chi connectivity index (χ2v) is 8.70. The SMILES string of the molecule is COc1ccccc1NC(=S)N(Cc1cccs1)Cc1cc2cc(C)ccc2[nH]c1=O. The van der Waals surface area contributed by atoms with Crippen molar-refractivity contribution in [2.24, 2.45) is 0 Å². The Labute approximate surface area is 190 Å². The van der Waals surface area contributed by atoms with Crippen LogP contribution in [-0.4, -0.2) is 22.1 Å². The third-order valence-corrected chi connectivity index (χ3v) is 6.22. The highest BCUT2D eigenvalue weighted by Gasteiger charge is 2.16. The van der Waals surface area contributed by atoms with Gasteiger partial charge in [0.25, 0.3) is 5.56 Å². The van der Waals surface area contributed by atoms with Crippen LogP contribution in [0, 0.1) is 6.92 Å². The maximum Gasteiger partial charge on any atom is 0.253 e. The van der Waals surface area contributed by atoms with Gasteiger partial charge in [0.1, 0.15) is 5.75 Å². The number of ether oxygens (including phenoxy) is 1. The van der Waals surface area contributed by atoms with Crippen molar-refractivity contribution in [2.45, 2.75) is 20.0 Å². The summed E-state index contributed by atoms with van der Waals surface area (Å²) in [5.74, 6) is 0.708. The molecule has 158 valence electrons. The average Bonchev–Trinajstić information content (AvgIpc) is 3.27. The Morgan fingerprint density at radius 1 is 1.13 bits per heavy atom. The van der Waals surface area contributed by atoms with E-state index in [1.165, 1.54) is 0 Å². The number of benzene rings is 2. The Kier molecular flexibility index (Phi) is 6.34. The Morgan fingerprint density at radius 2 is 1.97 bits per heavy atom. The van der Waals surface area contributed by atoms with Crippen LogP contribution in [0.15, 0.2) is 70.8 Å². The molecule has 2 heterocycles. The number of para-hydroxylation sites is 2. The summed E-state index contributed by atoms with van der Waals surface area (Å²) >= 11 is 7.41. The molecule has 0 aliphatic heterocycles. The fourth-order valence-electron chi connectivity index (χ4n) is 3.43. The van der Waals surface area contributed by atoms with Gasteiger partial charge in [0, 0.05) is 16.0 Å². The summed E-state index contributed by atoms with van der Waals surface area (Å²) in [7, 11) is 1.63. The zero-order chi connectivity index (χ0) is 21.8. The van der Waals surface area contributed by atoms with E-state index in [2.05, 4.69) is 22.4 Å². The van der Waals surface area contributed by atoms with Crippen molar-refractivity contribution in [1.82, 2.24) is 9.88 Å². The molecule has 0 unspecified atom stereocenters. The molecule has 0 bridgehead atoms.